The van der Waals surface area contributed by atoms with Crippen molar-refractivity contribution >= 4 is 35.8 Å². The van der Waals surface area contributed by atoms with Crippen LogP contribution in [0.3, 0.4) is 0 Å². The van der Waals surface area contributed by atoms with Crippen molar-refractivity contribution in [2.45, 2.75) is 33.3 Å². The maximum Gasteiger partial charge on any atom is 0.287 e. The SMILES string of the molecule is CCNC(=NCC(C)Oc1cccc(F)c1)NCCCNC(=O)c1occc1C.I. The molecule has 0 aliphatic carbocycles. The highest BCUT2D eigenvalue weighted by molar-refractivity contribution is 14.0. The Balaban J connectivity index is 0.00000450. The predicted molar refractivity (Wildman–Crippen MR) is 126 cm³/mol. The molecule has 2 rings (SSSR count). The van der Waals surface area contributed by atoms with Crippen LogP contribution in [0, 0.1) is 12.7 Å². The van der Waals surface area contributed by atoms with Crippen molar-refractivity contribution in [2.24, 2.45) is 4.99 Å². The fourth-order valence-electron chi connectivity index (χ4n) is 2.55. The number of hydrogen-bond acceptors (Lipinski definition) is 4. The first-order valence-electron chi connectivity index (χ1n) is 9.76. The quantitative estimate of drug-likeness (QED) is 0.189. The van der Waals surface area contributed by atoms with Crippen LogP contribution in [0.2, 0.25) is 0 Å². The van der Waals surface area contributed by atoms with Crippen LogP contribution in [-0.2, 0) is 0 Å². The fourth-order valence-corrected chi connectivity index (χ4v) is 2.55. The average molecular weight is 532 g/mol. The highest BCUT2D eigenvalue weighted by Crippen LogP contribution is 2.13. The number of aryl methyl sites for hydroxylation is 1. The Labute approximate surface area is 193 Å². The van der Waals surface area contributed by atoms with Gasteiger partial charge in [0, 0.05) is 31.3 Å². The lowest BCUT2D eigenvalue weighted by Gasteiger charge is -2.15. The van der Waals surface area contributed by atoms with Gasteiger partial charge in [-0.2, -0.15) is 0 Å². The summed E-state index contributed by atoms with van der Waals surface area (Å²) in [6.07, 6.45) is 2.03. The minimum absolute atomic E-state index is 0. The molecule has 3 N–H and O–H groups in total. The molecule has 0 radical (unpaired) electrons. The van der Waals surface area contributed by atoms with Crippen molar-refractivity contribution in [3.05, 3.63) is 53.7 Å². The van der Waals surface area contributed by atoms with Gasteiger partial charge in [-0.05, 0) is 45.4 Å². The molecule has 2 aromatic rings. The molecule has 0 bridgehead atoms. The van der Waals surface area contributed by atoms with E-state index in [0.29, 0.717) is 37.1 Å². The molecular formula is C21H30FIN4O3. The van der Waals surface area contributed by atoms with E-state index in [0.717, 1.165) is 18.5 Å². The third-order valence-electron chi connectivity index (χ3n) is 3.98. The average Bonchev–Trinajstić information content (AvgIpc) is 3.11. The zero-order chi connectivity index (χ0) is 21.1. The summed E-state index contributed by atoms with van der Waals surface area (Å²) in [7, 11) is 0. The number of guanidine groups is 1. The Morgan fingerprint density at radius 1 is 1.23 bits per heavy atom. The second-order valence-corrected chi connectivity index (χ2v) is 6.57. The van der Waals surface area contributed by atoms with E-state index in [4.69, 9.17) is 9.15 Å². The van der Waals surface area contributed by atoms with Gasteiger partial charge in [0.1, 0.15) is 17.7 Å². The number of aliphatic imine (C=N–C) groups is 1. The first-order chi connectivity index (χ1) is 14.0. The molecule has 0 fully saturated rings. The van der Waals surface area contributed by atoms with Crippen LogP contribution in [0.15, 0.2) is 46.0 Å². The summed E-state index contributed by atoms with van der Waals surface area (Å²) < 4.78 is 24.1. The molecule has 166 valence electrons. The molecule has 1 aromatic heterocycles. The first-order valence-corrected chi connectivity index (χ1v) is 9.76. The summed E-state index contributed by atoms with van der Waals surface area (Å²) in [6, 6.07) is 7.81. The van der Waals surface area contributed by atoms with Crippen molar-refractivity contribution in [1.82, 2.24) is 16.0 Å². The zero-order valence-electron chi connectivity index (χ0n) is 17.5. The first kappa shape index (κ1) is 25.7. The van der Waals surface area contributed by atoms with E-state index in [2.05, 4.69) is 20.9 Å². The number of rotatable bonds is 10. The lowest BCUT2D eigenvalue weighted by atomic mass is 10.2. The van der Waals surface area contributed by atoms with Crippen molar-refractivity contribution < 1.29 is 18.3 Å². The predicted octanol–water partition coefficient (Wildman–Crippen LogP) is 3.49. The Bertz CT molecular complexity index is 813. The largest absolute Gasteiger partial charge is 0.489 e. The van der Waals surface area contributed by atoms with Gasteiger partial charge in [0.05, 0.1) is 12.8 Å². The van der Waals surface area contributed by atoms with Crippen molar-refractivity contribution in [1.29, 1.82) is 0 Å². The summed E-state index contributed by atoms with van der Waals surface area (Å²) in [4.78, 5) is 16.5. The number of halogens is 2. The van der Waals surface area contributed by atoms with Crippen LogP contribution < -0.4 is 20.7 Å². The van der Waals surface area contributed by atoms with Crippen molar-refractivity contribution in [3.8, 4) is 5.75 Å². The lowest BCUT2D eigenvalue weighted by molar-refractivity contribution is 0.0925. The van der Waals surface area contributed by atoms with Gasteiger partial charge in [0.25, 0.3) is 5.91 Å². The number of ether oxygens (including phenoxy) is 1. The molecule has 0 saturated carbocycles. The molecule has 1 heterocycles. The van der Waals surface area contributed by atoms with Gasteiger partial charge < -0.3 is 25.1 Å². The second kappa shape index (κ2) is 13.8. The van der Waals surface area contributed by atoms with E-state index in [1.807, 2.05) is 20.8 Å². The van der Waals surface area contributed by atoms with Gasteiger partial charge in [-0.25, -0.2) is 9.38 Å². The van der Waals surface area contributed by atoms with E-state index < -0.39 is 0 Å². The summed E-state index contributed by atoms with van der Waals surface area (Å²) in [5.74, 6) is 0.947. The van der Waals surface area contributed by atoms with Crippen molar-refractivity contribution in [2.75, 3.05) is 26.2 Å². The number of nitrogens with zero attached hydrogens (tertiary/aromatic N) is 1. The normalized spacial score (nSPS) is 11.9. The number of amides is 1. The third kappa shape index (κ3) is 9.02. The molecule has 0 saturated heterocycles. The Morgan fingerprint density at radius 3 is 2.67 bits per heavy atom. The van der Waals surface area contributed by atoms with Gasteiger partial charge in [-0.1, -0.05) is 6.07 Å². The van der Waals surface area contributed by atoms with E-state index in [1.165, 1.54) is 18.4 Å². The van der Waals surface area contributed by atoms with Gasteiger partial charge >= 0.3 is 0 Å². The second-order valence-electron chi connectivity index (χ2n) is 6.57. The highest BCUT2D eigenvalue weighted by Gasteiger charge is 2.11. The van der Waals surface area contributed by atoms with Crippen LogP contribution in [-0.4, -0.2) is 44.1 Å². The van der Waals surface area contributed by atoms with Gasteiger partial charge in [-0.3, -0.25) is 4.79 Å². The summed E-state index contributed by atoms with van der Waals surface area (Å²) in [6.45, 7) is 7.99. The maximum atomic E-state index is 13.2. The fraction of sp³-hybridized carbons (Fsp3) is 0.429. The molecule has 1 aromatic carbocycles. The Hall–Kier alpha value is -2.30. The maximum absolute atomic E-state index is 13.2. The topological polar surface area (TPSA) is 87.9 Å². The molecular weight excluding hydrogens is 502 g/mol. The smallest absolute Gasteiger partial charge is 0.287 e. The molecule has 1 atom stereocenters. The van der Waals surface area contributed by atoms with Crippen molar-refractivity contribution in [3.63, 3.8) is 0 Å². The van der Waals surface area contributed by atoms with E-state index in [-0.39, 0.29) is 41.8 Å². The summed E-state index contributed by atoms with van der Waals surface area (Å²) in [5.41, 5.74) is 0.816. The van der Waals surface area contributed by atoms with Gasteiger partial charge in [0.2, 0.25) is 0 Å². The zero-order valence-corrected chi connectivity index (χ0v) is 19.9. The molecule has 7 nitrogen and oxygen atoms in total. The summed E-state index contributed by atoms with van der Waals surface area (Å²) >= 11 is 0. The Morgan fingerprint density at radius 2 is 2.00 bits per heavy atom. The third-order valence-corrected chi connectivity index (χ3v) is 3.98. The number of carbonyl (C=O) groups excluding carboxylic acids is 1. The number of nitrogens with one attached hydrogen (secondary N) is 3. The minimum atomic E-state index is -0.331. The molecule has 1 unspecified atom stereocenters. The van der Waals surface area contributed by atoms with E-state index in [9.17, 15) is 9.18 Å². The summed E-state index contributed by atoms with van der Waals surface area (Å²) in [5, 5.41) is 9.21. The van der Waals surface area contributed by atoms with Crippen LogP contribution >= 0.6 is 24.0 Å². The van der Waals surface area contributed by atoms with E-state index >= 15 is 0 Å². The number of hydrogen-bond donors (Lipinski definition) is 3. The molecule has 30 heavy (non-hydrogen) atoms. The molecule has 1 amide bonds. The van der Waals surface area contributed by atoms with Crippen LogP contribution in [0.4, 0.5) is 4.39 Å². The molecule has 0 aliphatic rings. The monoisotopic (exact) mass is 532 g/mol. The van der Waals surface area contributed by atoms with Crippen LogP contribution in [0.5, 0.6) is 5.75 Å². The lowest BCUT2D eigenvalue weighted by Crippen LogP contribution is -2.39. The van der Waals surface area contributed by atoms with Crippen LogP contribution in [0.1, 0.15) is 36.4 Å². The standard InChI is InChI=1S/C21H29FN4O3.HI/c1-4-23-21(26-14-16(3)29-18-8-5-7-17(22)13-18)25-11-6-10-24-20(27)19-15(2)9-12-28-19;/h5,7-9,12-13,16H,4,6,10-11,14H2,1-3H3,(H,24,27)(H2,23,25,26);1H. The number of carbonyl (C=O) groups is 1. The molecule has 0 aliphatic heterocycles. The molecule has 0 spiro atoms. The van der Waals surface area contributed by atoms with Gasteiger partial charge in [0.15, 0.2) is 11.7 Å². The Kier molecular flexibility index (Phi) is 11.9. The van der Waals surface area contributed by atoms with E-state index in [1.54, 1.807) is 18.2 Å². The molecule has 9 heteroatoms. The highest BCUT2D eigenvalue weighted by atomic mass is 127. The number of benzene rings is 1. The van der Waals surface area contributed by atoms with Crippen LogP contribution in [0.25, 0.3) is 0 Å². The van der Waals surface area contributed by atoms with Gasteiger partial charge in [-0.15, -0.1) is 24.0 Å². The minimum Gasteiger partial charge on any atom is -0.489 e. The number of furan rings is 1.